The third-order valence-corrected chi connectivity index (χ3v) is 8.37. The number of nitrogens with zero attached hydrogens (tertiary/aromatic N) is 2. The highest BCUT2D eigenvalue weighted by Crippen LogP contribution is 2.61. The maximum atomic E-state index is 14.3. The number of carbonyl (C=O) groups excluding carboxylic acids is 2. The summed E-state index contributed by atoms with van der Waals surface area (Å²) in [6.45, 7) is 0. The molecule has 7 nitrogen and oxygen atoms in total. The van der Waals surface area contributed by atoms with Gasteiger partial charge >= 0.3 is 0 Å². The van der Waals surface area contributed by atoms with Crippen LogP contribution >= 0.6 is 11.8 Å². The first kappa shape index (κ1) is 21.1. The number of para-hydroxylation sites is 1. The minimum absolute atomic E-state index is 0.0167. The maximum Gasteiger partial charge on any atom is 0.270 e. The van der Waals surface area contributed by atoms with E-state index in [9.17, 15) is 19.7 Å². The molecule has 2 fully saturated rings. The molecule has 4 atom stereocenters. The fraction of sp³-hybridized carbons (Fsp3) is 0.231. The van der Waals surface area contributed by atoms with Gasteiger partial charge in [-0.05, 0) is 11.6 Å². The highest BCUT2D eigenvalue weighted by Gasteiger charge is 2.69. The SMILES string of the molecule is O=C(c1cccc([N+](=O)[O-])c1)[C@@H]1[C@H](c2ccccc2)[C@@H]2CSCN2[C@@]12C(=O)Nc1ccccc12. The summed E-state index contributed by atoms with van der Waals surface area (Å²) < 4.78 is 0. The number of Topliss-reactive ketones (excluding diaryl/α,β-unsaturated/α-hetero) is 1. The van der Waals surface area contributed by atoms with Crippen molar-refractivity contribution in [1.82, 2.24) is 4.90 Å². The standard InChI is InChI=1S/C26H21N3O4S/c30-24(17-9-6-10-18(13-17)29(32)33)23-22(16-7-2-1-3-8-16)21-14-34-15-28(21)26(23)19-11-4-5-12-20(19)27-25(26)31/h1-13,21-23H,14-15H2,(H,27,31)/t21-,22+,23-,26+/m0/s1. The van der Waals surface area contributed by atoms with E-state index in [1.165, 1.54) is 18.2 Å². The summed E-state index contributed by atoms with van der Waals surface area (Å²) in [7, 11) is 0. The molecular formula is C26H21N3O4S. The second-order valence-electron chi connectivity index (χ2n) is 8.89. The van der Waals surface area contributed by atoms with Crippen LogP contribution in [0, 0.1) is 16.0 Å². The lowest BCUT2D eigenvalue weighted by Gasteiger charge is -2.36. The van der Waals surface area contributed by atoms with Crippen LogP contribution in [-0.2, 0) is 10.3 Å². The molecule has 0 bridgehead atoms. The molecule has 1 N–H and O–H groups in total. The van der Waals surface area contributed by atoms with Crippen LogP contribution in [0.15, 0.2) is 78.9 Å². The third kappa shape index (κ3) is 2.82. The molecule has 8 heteroatoms. The molecule has 3 aliphatic rings. The molecule has 6 rings (SSSR count). The summed E-state index contributed by atoms with van der Waals surface area (Å²) in [5.41, 5.74) is 1.46. The van der Waals surface area contributed by atoms with Crippen molar-refractivity contribution in [3.8, 4) is 0 Å². The van der Waals surface area contributed by atoms with E-state index in [4.69, 9.17) is 0 Å². The molecule has 1 spiro atoms. The van der Waals surface area contributed by atoms with Crippen LogP contribution in [0.3, 0.4) is 0 Å². The molecule has 0 aliphatic carbocycles. The molecule has 3 aromatic carbocycles. The Morgan fingerprint density at radius 1 is 1.06 bits per heavy atom. The topological polar surface area (TPSA) is 92.5 Å². The average molecular weight is 472 g/mol. The van der Waals surface area contributed by atoms with Gasteiger partial charge in [-0.1, -0.05) is 60.7 Å². The van der Waals surface area contributed by atoms with Crippen molar-refractivity contribution in [1.29, 1.82) is 0 Å². The molecule has 170 valence electrons. The molecule has 3 heterocycles. The second-order valence-corrected chi connectivity index (χ2v) is 9.89. The number of non-ortho nitro benzene ring substituents is 1. The quantitative estimate of drug-likeness (QED) is 0.344. The van der Waals surface area contributed by atoms with Crippen molar-refractivity contribution in [2.24, 2.45) is 5.92 Å². The number of amides is 1. The first-order chi connectivity index (χ1) is 16.5. The number of fused-ring (bicyclic) bond motifs is 4. The molecule has 2 saturated heterocycles. The van der Waals surface area contributed by atoms with Crippen molar-refractivity contribution in [2.75, 3.05) is 16.9 Å². The fourth-order valence-corrected chi connectivity index (χ4v) is 7.36. The van der Waals surface area contributed by atoms with E-state index in [0.29, 0.717) is 11.6 Å². The lowest BCUT2D eigenvalue weighted by molar-refractivity contribution is -0.384. The van der Waals surface area contributed by atoms with Crippen molar-refractivity contribution in [2.45, 2.75) is 17.5 Å². The Labute approximate surface area is 200 Å². The van der Waals surface area contributed by atoms with Gasteiger partial charge in [0.1, 0.15) is 5.54 Å². The van der Waals surface area contributed by atoms with E-state index >= 15 is 0 Å². The van der Waals surface area contributed by atoms with Crippen LogP contribution in [0.1, 0.15) is 27.4 Å². The molecule has 3 aromatic rings. The molecule has 3 aliphatic heterocycles. The van der Waals surface area contributed by atoms with Gasteiger partial charge in [0.25, 0.3) is 5.69 Å². The van der Waals surface area contributed by atoms with Gasteiger partial charge in [-0.15, -0.1) is 11.8 Å². The van der Waals surface area contributed by atoms with Gasteiger partial charge < -0.3 is 5.32 Å². The normalized spacial score (nSPS) is 27.4. The van der Waals surface area contributed by atoms with Gasteiger partial charge in [-0.25, -0.2) is 0 Å². The van der Waals surface area contributed by atoms with E-state index in [2.05, 4.69) is 10.2 Å². The molecular weight excluding hydrogens is 450 g/mol. The Balaban J connectivity index is 1.60. The number of benzene rings is 3. The first-order valence-corrected chi connectivity index (χ1v) is 12.3. The molecule has 1 amide bonds. The van der Waals surface area contributed by atoms with Gasteiger partial charge in [-0.3, -0.25) is 24.6 Å². The lowest BCUT2D eigenvalue weighted by atomic mass is 9.69. The van der Waals surface area contributed by atoms with Crippen LogP contribution in [-0.4, -0.2) is 39.2 Å². The molecule has 0 saturated carbocycles. The molecule has 0 radical (unpaired) electrons. The Morgan fingerprint density at radius 3 is 2.62 bits per heavy atom. The lowest BCUT2D eigenvalue weighted by Crippen LogP contribution is -2.52. The zero-order chi connectivity index (χ0) is 23.4. The van der Waals surface area contributed by atoms with Gasteiger partial charge in [0.05, 0.1) is 10.8 Å². The fourth-order valence-electron chi connectivity index (χ4n) is 6.03. The smallest absolute Gasteiger partial charge is 0.270 e. The average Bonchev–Trinajstić information content (AvgIpc) is 3.52. The largest absolute Gasteiger partial charge is 0.324 e. The van der Waals surface area contributed by atoms with Gasteiger partial charge in [0.2, 0.25) is 5.91 Å². The number of thioether (sulfide) groups is 1. The Kier molecular flexibility index (Phi) is 4.82. The second kappa shape index (κ2) is 7.78. The van der Waals surface area contributed by atoms with Gasteiger partial charge in [-0.2, -0.15) is 0 Å². The van der Waals surface area contributed by atoms with Crippen molar-refractivity contribution in [3.05, 3.63) is 106 Å². The molecule has 34 heavy (non-hydrogen) atoms. The van der Waals surface area contributed by atoms with E-state index in [0.717, 1.165) is 16.9 Å². The molecule has 0 unspecified atom stereocenters. The minimum Gasteiger partial charge on any atom is -0.324 e. The Hall–Kier alpha value is -3.49. The maximum absolute atomic E-state index is 14.3. The van der Waals surface area contributed by atoms with Crippen LogP contribution in [0.5, 0.6) is 0 Å². The minimum atomic E-state index is -1.17. The zero-order valence-corrected chi connectivity index (χ0v) is 18.9. The summed E-state index contributed by atoms with van der Waals surface area (Å²) in [5.74, 6) is 0.0165. The van der Waals surface area contributed by atoms with Gasteiger partial charge in [0.15, 0.2) is 5.78 Å². The van der Waals surface area contributed by atoms with Crippen LogP contribution < -0.4 is 5.32 Å². The Bertz CT molecular complexity index is 1330. The van der Waals surface area contributed by atoms with Crippen LogP contribution in [0.25, 0.3) is 0 Å². The van der Waals surface area contributed by atoms with E-state index in [-0.39, 0.29) is 34.9 Å². The monoisotopic (exact) mass is 471 g/mol. The number of anilines is 1. The highest BCUT2D eigenvalue weighted by atomic mass is 32.2. The van der Waals surface area contributed by atoms with Crippen molar-refractivity contribution in [3.63, 3.8) is 0 Å². The van der Waals surface area contributed by atoms with E-state index in [1.807, 2.05) is 54.6 Å². The third-order valence-electron chi connectivity index (χ3n) is 7.34. The number of nitro benzene ring substituents is 1. The number of hydrogen-bond acceptors (Lipinski definition) is 6. The van der Waals surface area contributed by atoms with Crippen molar-refractivity contribution >= 4 is 34.8 Å². The summed E-state index contributed by atoms with van der Waals surface area (Å²) in [6, 6.07) is 23.2. The van der Waals surface area contributed by atoms with Crippen LogP contribution in [0.2, 0.25) is 0 Å². The number of carbonyl (C=O) groups is 2. The Morgan fingerprint density at radius 2 is 1.82 bits per heavy atom. The zero-order valence-electron chi connectivity index (χ0n) is 18.1. The molecule has 0 aromatic heterocycles. The predicted octanol–water partition coefficient (Wildman–Crippen LogP) is 4.41. The number of hydrogen-bond donors (Lipinski definition) is 1. The summed E-state index contributed by atoms with van der Waals surface area (Å²) in [6.07, 6.45) is 0. The van der Waals surface area contributed by atoms with E-state index in [1.54, 1.807) is 17.8 Å². The predicted molar refractivity (Wildman–Crippen MR) is 130 cm³/mol. The van der Waals surface area contributed by atoms with Crippen molar-refractivity contribution < 1.29 is 14.5 Å². The summed E-state index contributed by atoms with van der Waals surface area (Å²) in [4.78, 5) is 41.3. The first-order valence-electron chi connectivity index (χ1n) is 11.1. The number of ketones is 1. The summed E-state index contributed by atoms with van der Waals surface area (Å²) in [5, 5.41) is 14.5. The van der Waals surface area contributed by atoms with Crippen LogP contribution in [0.4, 0.5) is 11.4 Å². The number of nitrogens with one attached hydrogen (secondary N) is 1. The summed E-state index contributed by atoms with van der Waals surface area (Å²) >= 11 is 1.76. The number of nitro groups is 1. The van der Waals surface area contributed by atoms with E-state index < -0.39 is 16.4 Å². The van der Waals surface area contributed by atoms with Gasteiger partial charge in [0, 0.05) is 52.5 Å². The highest BCUT2D eigenvalue weighted by molar-refractivity contribution is 7.99. The number of rotatable bonds is 4.